The van der Waals surface area contributed by atoms with Crippen molar-refractivity contribution in [3.63, 3.8) is 0 Å². The van der Waals surface area contributed by atoms with E-state index in [0.717, 1.165) is 36.8 Å². The molecule has 0 unspecified atom stereocenters. The molecule has 2 aromatic rings. The van der Waals surface area contributed by atoms with Crippen molar-refractivity contribution in [2.24, 2.45) is 11.8 Å². The lowest BCUT2D eigenvalue weighted by atomic mass is 9.81. The number of allylic oxidation sites excluding steroid dienone is 2. The number of benzene rings is 1. The maximum atomic E-state index is 12.9. The Hall–Kier alpha value is -2.04. The molecule has 1 aromatic heterocycles. The lowest BCUT2D eigenvalue weighted by molar-refractivity contribution is -0.117. The number of aromatic nitrogens is 1. The average molecular weight is 404 g/mol. The van der Waals surface area contributed by atoms with Crippen LogP contribution in [-0.4, -0.2) is 15.9 Å². The first-order valence-electron chi connectivity index (χ1n) is 9.07. The molecule has 4 nitrogen and oxygen atoms in total. The van der Waals surface area contributed by atoms with Crippen molar-refractivity contribution in [2.75, 3.05) is 0 Å². The highest BCUT2D eigenvalue weighted by molar-refractivity contribution is 6.35. The molecular weight excluding hydrogens is 385 g/mol. The van der Waals surface area contributed by atoms with E-state index in [2.05, 4.69) is 4.98 Å². The molecule has 140 valence electrons. The van der Waals surface area contributed by atoms with Crippen LogP contribution in [0.4, 0.5) is 0 Å². The van der Waals surface area contributed by atoms with Crippen LogP contribution in [0.15, 0.2) is 36.2 Å². The summed E-state index contributed by atoms with van der Waals surface area (Å²) in [4.78, 5) is 17.0. The first-order chi connectivity index (χ1) is 13.0. The van der Waals surface area contributed by atoms with Crippen LogP contribution >= 0.6 is 23.2 Å². The third kappa shape index (κ3) is 3.32. The topological polar surface area (TPSA) is 59.4 Å². The van der Waals surface area contributed by atoms with Gasteiger partial charge in [-0.15, -0.1) is 0 Å². The number of rotatable bonds is 4. The number of carbonyl (C=O) groups excluding carboxylic acids is 1. The molecule has 0 spiro atoms. The van der Waals surface area contributed by atoms with Gasteiger partial charge in [-0.3, -0.25) is 4.79 Å². The number of aryl methyl sites for hydroxylation is 1. The number of ether oxygens (including phenoxy) is 1. The van der Waals surface area contributed by atoms with Gasteiger partial charge in [0.25, 0.3) is 0 Å². The standard InChI is InChI=1S/C21H19Cl2NO3/c1-2-11-5-6-15(27-21-17(23)8-14(22)10-24-21)9-16(11)18-19(25)12-3-4-13(7-12)20(18)26/h5-6,8-10,12-13,25H,2-4,7H2,1H3/t12-,13-/m1/s1. The molecule has 1 heterocycles. The number of fused-ring (bicyclic) bond motifs is 2. The Kier molecular flexibility index (Phi) is 4.87. The van der Waals surface area contributed by atoms with E-state index in [9.17, 15) is 9.90 Å². The molecule has 1 aromatic carbocycles. The minimum absolute atomic E-state index is 0.0163. The molecule has 1 N–H and O–H groups in total. The highest BCUT2D eigenvalue weighted by atomic mass is 35.5. The zero-order chi connectivity index (χ0) is 19.1. The van der Waals surface area contributed by atoms with Gasteiger partial charge in [0.15, 0.2) is 5.78 Å². The van der Waals surface area contributed by atoms with Gasteiger partial charge >= 0.3 is 0 Å². The Morgan fingerprint density at radius 2 is 2.00 bits per heavy atom. The quantitative estimate of drug-likeness (QED) is 0.678. The average Bonchev–Trinajstić information content (AvgIpc) is 3.10. The first kappa shape index (κ1) is 18.3. The smallest absolute Gasteiger partial charge is 0.238 e. The molecule has 2 aliphatic rings. The molecule has 1 fully saturated rings. The van der Waals surface area contributed by atoms with Crippen molar-refractivity contribution in [2.45, 2.75) is 32.6 Å². The summed E-state index contributed by atoms with van der Waals surface area (Å²) in [7, 11) is 0. The van der Waals surface area contributed by atoms with E-state index < -0.39 is 0 Å². The fourth-order valence-electron chi connectivity index (χ4n) is 4.02. The van der Waals surface area contributed by atoms with Gasteiger partial charge in [0.1, 0.15) is 16.5 Å². The Labute approximate surface area is 167 Å². The van der Waals surface area contributed by atoms with E-state index in [1.165, 1.54) is 6.20 Å². The summed E-state index contributed by atoms with van der Waals surface area (Å²) in [6, 6.07) is 7.08. The van der Waals surface area contributed by atoms with E-state index in [1.807, 2.05) is 19.1 Å². The second-order valence-electron chi connectivity index (χ2n) is 7.05. The molecule has 0 aliphatic heterocycles. The van der Waals surface area contributed by atoms with Crippen LogP contribution in [0.2, 0.25) is 10.0 Å². The third-order valence-electron chi connectivity index (χ3n) is 5.41. The molecule has 4 rings (SSSR count). The Morgan fingerprint density at radius 3 is 2.74 bits per heavy atom. The molecule has 1 saturated carbocycles. The van der Waals surface area contributed by atoms with Crippen LogP contribution in [0.1, 0.15) is 37.3 Å². The molecule has 2 bridgehead atoms. The van der Waals surface area contributed by atoms with Crippen molar-refractivity contribution < 1.29 is 14.6 Å². The van der Waals surface area contributed by atoms with Crippen molar-refractivity contribution in [3.8, 4) is 11.6 Å². The fourth-order valence-corrected chi connectivity index (χ4v) is 4.44. The van der Waals surface area contributed by atoms with E-state index in [1.54, 1.807) is 12.1 Å². The van der Waals surface area contributed by atoms with Crippen LogP contribution in [0.25, 0.3) is 5.57 Å². The van der Waals surface area contributed by atoms with Crippen LogP contribution in [-0.2, 0) is 11.2 Å². The van der Waals surface area contributed by atoms with Crippen LogP contribution in [0, 0.1) is 11.8 Å². The summed E-state index contributed by atoms with van der Waals surface area (Å²) in [5, 5.41) is 11.5. The van der Waals surface area contributed by atoms with Crippen LogP contribution in [0.3, 0.4) is 0 Å². The van der Waals surface area contributed by atoms with E-state index in [0.29, 0.717) is 21.4 Å². The molecule has 0 saturated heterocycles. The Morgan fingerprint density at radius 1 is 1.22 bits per heavy atom. The largest absolute Gasteiger partial charge is 0.511 e. The Bertz CT molecular complexity index is 954. The molecule has 0 amide bonds. The van der Waals surface area contributed by atoms with Crippen LogP contribution in [0.5, 0.6) is 11.6 Å². The molecule has 6 heteroatoms. The van der Waals surface area contributed by atoms with Crippen LogP contribution < -0.4 is 4.74 Å². The summed E-state index contributed by atoms with van der Waals surface area (Å²) in [6.45, 7) is 2.02. The first-order valence-corrected chi connectivity index (χ1v) is 9.83. The van der Waals surface area contributed by atoms with Crippen molar-refractivity contribution in [1.82, 2.24) is 4.98 Å². The lowest BCUT2D eigenvalue weighted by Gasteiger charge is -2.23. The monoisotopic (exact) mass is 403 g/mol. The highest BCUT2D eigenvalue weighted by Crippen LogP contribution is 2.46. The number of hydrogen-bond donors (Lipinski definition) is 1. The maximum absolute atomic E-state index is 12.9. The number of aliphatic hydroxyl groups is 1. The number of nitrogens with zero attached hydrogens (tertiary/aromatic N) is 1. The van der Waals surface area contributed by atoms with Gasteiger partial charge in [-0.2, -0.15) is 0 Å². The second kappa shape index (κ2) is 7.17. The predicted molar refractivity (Wildman–Crippen MR) is 106 cm³/mol. The molecule has 27 heavy (non-hydrogen) atoms. The molecule has 2 aliphatic carbocycles. The van der Waals surface area contributed by atoms with Crippen molar-refractivity contribution in [3.05, 3.63) is 57.4 Å². The molecule has 2 atom stereocenters. The zero-order valence-electron chi connectivity index (χ0n) is 14.8. The van der Waals surface area contributed by atoms with Gasteiger partial charge in [0.05, 0.1) is 10.6 Å². The van der Waals surface area contributed by atoms with E-state index >= 15 is 0 Å². The zero-order valence-corrected chi connectivity index (χ0v) is 16.3. The maximum Gasteiger partial charge on any atom is 0.238 e. The Balaban J connectivity index is 1.76. The third-order valence-corrected chi connectivity index (χ3v) is 5.89. The van der Waals surface area contributed by atoms with Gasteiger partial charge in [0.2, 0.25) is 5.88 Å². The number of halogens is 2. The lowest BCUT2D eigenvalue weighted by Crippen LogP contribution is -2.21. The predicted octanol–water partition coefficient (Wildman–Crippen LogP) is 6.01. The summed E-state index contributed by atoms with van der Waals surface area (Å²) in [6.07, 6.45) is 4.68. The highest BCUT2D eigenvalue weighted by Gasteiger charge is 2.41. The summed E-state index contributed by atoms with van der Waals surface area (Å²) in [5.74, 6) is 1.11. The van der Waals surface area contributed by atoms with Crippen molar-refractivity contribution >= 4 is 34.6 Å². The minimum Gasteiger partial charge on any atom is -0.511 e. The van der Waals surface area contributed by atoms with Gasteiger partial charge in [-0.05, 0) is 55.0 Å². The molecule has 0 radical (unpaired) electrons. The normalized spacial score (nSPS) is 21.7. The number of aliphatic hydroxyl groups excluding tert-OH is 1. The summed E-state index contributed by atoms with van der Waals surface area (Å²) >= 11 is 12.0. The number of hydrogen-bond acceptors (Lipinski definition) is 4. The number of Topliss-reactive ketones (excluding diaryl/α,β-unsaturated/α-hetero) is 1. The minimum atomic E-state index is 0.0163. The summed E-state index contributed by atoms with van der Waals surface area (Å²) in [5.41, 5.74) is 2.18. The number of pyridine rings is 1. The summed E-state index contributed by atoms with van der Waals surface area (Å²) < 4.78 is 5.82. The fraction of sp³-hybridized carbons (Fsp3) is 0.333. The van der Waals surface area contributed by atoms with Gasteiger partial charge in [-0.1, -0.05) is 36.2 Å². The SMILES string of the molecule is CCc1ccc(Oc2ncc(Cl)cc2Cl)cc1C1=C(O)[C@@H]2CC[C@H](C2)C1=O. The number of ketones is 1. The van der Waals surface area contributed by atoms with Crippen molar-refractivity contribution in [1.29, 1.82) is 0 Å². The van der Waals surface area contributed by atoms with E-state index in [4.69, 9.17) is 27.9 Å². The van der Waals surface area contributed by atoms with E-state index in [-0.39, 0.29) is 29.3 Å². The van der Waals surface area contributed by atoms with Gasteiger partial charge in [0, 0.05) is 18.0 Å². The second-order valence-corrected chi connectivity index (χ2v) is 7.89. The molecular formula is C21H19Cl2NO3. The number of carbonyl (C=O) groups is 1. The van der Waals surface area contributed by atoms with Gasteiger partial charge in [-0.25, -0.2) is 4.98 Å². The van der Waals surface area contributed by atoms with Gasteiger partial charge < -0.3 is 9.84 Å².